The average molecular weight is 138 g/mol. The van der Waals surface area contributed by atoms with Crippen LogP contribution in [0.4, 0.5) is 0 Å². The van der Waals surface area contributed by atoms with Crippen LogP contribution in [0.1, 0.15) is 4.88 Å². The van der Waals surface area contributed by atoms with E-state index in [-0.39, 0.29) is 0 Å². The van der Waals surface area contributed by atoms with E-state index in [1.807, 2.05) is 12.4 Å². The summed E-state index contributed by atoms with van der Waals surface area (Å²) in [6.45, 7) is 2.08. The lowest BCUT2D eigenvalue weighted by atomic mass is 10.5. The van der Waals surface area contributed by atoms with Crippen LogP contribution in [0.2, 0.25) is 0 Å². The number of hydrogen-bond acceptors (Lipinski definition) is 2. The molecular formula is C6H6N2S. The van der Waals surface area contributed by atoms with E-state index in [2.05, 4.69) is 21.8 Å². The second-order valence-electron chi connectivity index (χ2n) is 1.96. The molecule has 2 aromatic heterocycles. The summed E-state index contributed by atoms with van der Waals surface area (Å²) in [4.78, 5) is 5.42. The zero-order valence-corrected chi connectivity index (χ0v) is 5.85. The molecule has 0 aliphatic carbocycles. The summed E-state index contributed by atoms with van der Waals surface area (Å²) in [6, 6.07) is 2.07. The smallest absolute Gasteiger partial charge is 0.147 e. The summed E-state index contributed by atoms with van der Waals surface area (Å²) in [7, 11) is 0. The Balaban J connectivity index is 2.92. The fourth-order valence-corrected chi connectivity index (χ4v) is 1.62. The molecule has 0 aliphatic heterocycles. The van der Waals surface area contributed by atoms with Gasteiger partial charge in [0.15, 0.2) is 0 Å². The Morgan fingerprint density at radius 1 is 1.67 bits per heavy atom. The van der Waals surface area contributed by atoms with Gasteiger partial charge in [0.05, 0.1) is 0 Å². The molecule has 0 atom stereocenters. The molecule has 2 aromatic rings. The second kappa shape index (κ2) is 1.57. The van der Waals surface area contributed by atoms with Crippen molar-refractivity contribution in [3.63, 3.8) is 0 Å². The molecule has 3 heteroatoms. The molecule has 2 rings (SSSR count). The van der Waals surface area contributed by atoms with Crippen molar-refractivity contribution in [3.05, 3.63) is 23.3 Å². The van der Waals surface area contributed by atoms with E-state index in [1.54, 1.807) is 11.5 Å². The summed E-state index contributed by atoms with van der Waals surface area (Å²) < 4.78 is 2.05. The van der Waals surface area contributed by atoms with Crippen molar-refractivity contribution in [1.82, 2.24) is 8.77 Å². The maximum absolute atomic E-state index is 4.11. The van der Waals surface area contributed by atoms with Gasteiger partial charge >= 0.3 is 0 Å². The molecule has 46 valence electrons. The van der Waals surface area contributed by atoms with Gasteiger partial charge in [-0.15, -0.1) is 0 Å². The summed E-state index contributed by atoms with van der Waals surface area (Å²) in [6.07, 6.45) is 3.78. The second-order valence-corrected chi connectivity index (χ2v) is 3.18. The number of hydrogen-bond donors (Lipinski definition) is 0. The van der Waals surface area contributed by atoms with Crippen LogP contribution in [0.15, 0.2) is 18.5 Å². The van der Waals surface area contributed by atoms with E-state index < -0.39 is 0 Å². The van der Waals surface area contributed by atoms with Gasteiger partial charge in [-0.2, -0.15) is 0 Å². The van der Waals surface area contributed by atoms with Crippen LogP contribution >= 0.6 is 11.5 Å². The minimum atomic E-state index is 1.05. The van der Waals surface area contributed by atoms with E-state index in [9.17, 15) is 0 Å². The van der Waals surface area contributed by atoms with E-state index in [0.717, 1.165) is 5.65 Å². The lowest BCUT2D eigenvalue weighted by Gasteiger charge is -1.73. The van der Waals surface area contributed by atoms with Gasteiger partial charge in [-0.3, -0.25) is 3.79 Å². The number of aromatic nitrogens is 2. The van der Waals surface area contributed by atoms with Crippen molar-refractivity contribution in [2.45, 2.75) is 6.92 Å². The minimum absolute atomic E-state index is 1.05. The van der Waals surface area contributed by atoms with Gasteiger partial charge in [-0.25, -0.2) is 4.98 Å². The Hall–Kier alpha value is -0.830. The normalized spacial score (nSPS) is 10.8. The fraction of sp³-hybridized carbons (Fsp3) is 0.167. The third-order valence-corrected chi connectivity index (χ3v) is 2.12. The lowest BCUT2D eigenvalue weighted by Crippen LogP contribution is -1.63. The molecule has 0 fully saturated rings. The first-order valence-electron chi connectivity index (χ1n) is 2.76. The van der Waals surface area contributed by atoms with Gasteiger partial charge in [0.2, 0.25) is 0 Å². The standard InChI is InChI=1S/C6H6N2S/c1-5-4-6-7-2-3-8(6)9-5/h2-4H,1H3. The largest absolute Gasteiger partial charge is 0.255 e. The Morgan fingerprint density at radius 2 is 2.56 bits per heavy atom. The van der Waals surface area contributed by atoms with E-state index in [0.29, 0.717) is 0 Å². The predicted molar refractivity (Wildman–Crippen MR) is 37.8 cm³/mol. The SMILES string of the molecule is Cc1cc2nccn2s1. The topological polar surface area (TPSA) is 17.3 Å². The molecular weight excluding hydrogens is 132 g/mol. The van der Waals surface area contributed by atoms with Gasteiger partial charge in [0, 0.05) is 17.3 Å². The van der Waals surface area contributed by atoms with E-state index >= 15 is 0 Å². The first-order chi connectivity index (χ1) is 4.36. The number of aryl methyl sites for hydroxylation is 1. The fourth-order valence-electron chi connectivity index (χ4n) is 0.845. The van der Waals surface area contributed by atoms with Crippen molar-refractivity contribution < 1.29 is 0 Å². The van der Waals surface area contributed by atoms with Crippen LogP contribution in [0, 0.1) is 6.92 Å². The van der Waals surface area contributed by atoms with Crippen LogP contribution in [0.5, 0.6) is 0 Å². The van der Waals surface area contributed by atoms with Crippen molar-refractivity contribution in [2.24, 2.45) is 0 Å². The molecule has 0 saturated heterocycles. The molecule has 2 heterocycles. The molecule has 0 radical (unpaired) electrons. The third kappa shape index (κ3) is 0.650. The van der Waals surface area contributed by atoms with E-state index in [1.165, 1.54) is 4.88 Å². The number of fused-ring (bicyclic) bond motifs is 1. The lowest BCUT2D eigenvalue weighted by molar-refractivity contribution is 1.37. The molecule has 0 N–H and O–H groups in total. The Morgan fingerprint density at radius 3 is 3.33 bits per heavy atom. The van der Waals surface area contributed by atoms with Crippen molar-refractivity contribution in [1.29, 1.82) is 0 Å². The Labute approximate surface area is 56.9 Å². The number of imidazole rings is 1. The summed E-state index contributed by atoms with van der Waals surface area (Å²) in [5, 5.41) is 0. The highest BCUT2D eigenvalue weighted by Gasteiger charge is 1.94. The van der Waals surface area contributed by atoms with Gasteiger partial charge in [0.25, 0.3) is 0 Å². The van der Waals surface area contributed by atoms with Gasteiger partial charge in [-0.1, -0.05) is 11.5 Å². The highest BCUT2D eigenvalue weighted by Crippen LogP contribution is 2.11. The van der Waals surface area contributed by atoms with Gasteiger partial charge < -0.3 is 0 Å². The third-order valence-electron chi connectivity index (χ3n) is 1.21. The van der Waals surface area contributed by atoms with E-state index in [4.69, 9.17) is 0 Å². The summed E-state index contributed by atoms with van der Waals surface area (Å²) in [5.74, 6) is 0. The zero-order valence-electron chi connectivity index (χ0n) is 5.03. The van der Waals surface area contributed by atoms with Crippen molar-refractivity contribution in [2.75, 3.05) is 0 Å². The quantitative estimate of drug-likeness (QED) is 0.541. The molecule has 0 aliphatic rings. The zero-order chi connectivity index (χ0) is 6.27. The molecule has 0 saturated carbocycles. The predicted octanol–water partition coefficient (Wildman–Crippen LogP) is 1.70. The summed E-state index contributed by atoms with van der Waals surface area (Å²) in [5.41, 5.74) is 1.05. The first-order valence-corrected chi connectivity index (χ1v) is 3.53. The van der Waals surface area contributed by atoms with Gasteiger partial charge in [-0.05, 0) is 13.0 Å². The summed E-state index contributed by atoms with van der Waals surface area (Å²) >= 11 is 1.71. The number of nitrogens with zero attached hydrogens (tertiary/aromatic N) is 2. The van der Waals surface area contributed by atoms with Gasteiger partial charge in [0.1, 0.15) is 5.65 Å². The monoisotopic (exact) mass is 138 g/mol. The van der Waals surface area contributed by atoms with Crippen LogP contribution < -0.4 is 0 Å². The minimum Gasteiger partial charge on any atom is -0.255 e. The Kier molecular flexibility index (Phi) is 0.873. The molecule has 0 bridgehead atoms. The maximum atomic E-state index is 4.11. The maximum Gasteiger partial charge on any atom is 0.147 e. The Bertz CT molecular complexity index is 292. The molecule has 0 unspecified atom stereocenters. The highest BCUT2D eigenvalue weighted by molar-refractivity contribution is 7.06. The molecule has 0 amide bonds. The van der Waals surface area contributed by atoms with Crippen LogP contribution in [-0.4, -0.2) is 8.77 Å². The molecule has 9 heavy (non-hydrogen) atoms. The molecule has 0 spiro atoms. The van der Waals surface area contributed by atoms with Crippen LogP contribution in [-0.2, 0) is 0 Å². The highest BCUT2D eigenvalue weighted by atomic mass is 32.1. The average Bonchev–Trinajstić information content (AvgIpc) is 2.22. The van der Waals surface area contributed by atoms with Crippen molar-refractivity contribution in [3.8, 4) is 0 Å². The number of rotatable bonds is 0. The van der Waals surface area contributed by atoms with Crippen LogP contribution in [0.25, 0.3) is 5.65 Å². The molecule has 0 aromatic carbocycles. The first kappa shape index (κ1) is 4.99. The molecule has 2 nitrogen and oxygen atoms in total. The van der Waals surface area contributed by atoms with Crippen molar-refractivity contribution >= 4 is 17.2 Å². The van der Waals surface area contributed by atoms with Crippen LogP contribution in [0.3, 0.4) is 0 Å².